The summed E-state index contributed by atoms with van der Waals surface area (Å²) in [6, 6.07) is 5.03. The summed E-state index contributed by atoms with van der Waals surface area (Å²) in [7, 11) is 3.54. The molecular weight excluding hydrogens is 394 g/mol. The molecule has 1 amide bonds. The molecule has 1 saturated heterocycles. The van der Waals surface area contributed by atoms with E-state index in [4.69, 9.17) is 10.5 Å². The fourth-order valence-corrected chi connectivity index (χ4v) is 3.28. The molecule has 2 aromatic rings. The SMILES string of the molecule is COc1ccc(C(=O)NC2CCN(C)CC2)cc1Nc1ncc(C(C)(F)F)c(N)n1. The van der Waals surface area contributed by atoms with Crippen LogP contribution in [0.4, 0.5) is 26.2 Å². The van der Waals surface area contributed by atoms with Crippen LogP contribution in [0.15, 0.2) is 24.4 Å². The number of hydrogen-bond donors (Lipinski definition) is 3. The number of nitrogen functional groups attached to an aromatic ring is 1. The average Bonchev–Trinajstić information content (AvgIpc) is 2.68. The number of rotatable bonds is 6. The molecule has 0 aliphatic carbocycles. The highest BCUT2D eigenvalue weighted by Crippen LogP contribution is 2.32. The number of nitrogens with one attached hydrogen (secondary N) is 2. The summed E-state index contributed by atoms with van der Waals surface area (Å²) in [6.07, 6.45) is 2.77. The van der Waals surface area contributed by atoms with Crippen molar-refractivity contribution in [3.63, 3.8) is 0 Å². The van der Waals surface area contributed by atoms with E-state index in [0.29, 0.717) is 17.0 Å². The maximum Gasteiger partial charge on any atom is 0.275 e. The molecule has 4 N–H and O–H groups in total. The molecule has 0 radical (unpaired) electrons. The van der Waals surface area contributed by atoms with Crippen LogP contribution in [-0.2, 0) is 5.92 Å². The lowest BCUT2D eigenvalue weighted by atomic mass is 10.0. The highest BCUT2D eigenvalue weighted by molar-refractivity contribution is 5.96. The van der Waals surface area contributed by atoms with E-state index in [1.165, 1.54) is 7.11 Å². The van der Waals surface area contributed by atoms with Crippen molar-refractivity contribution >= 4 is 23.4 Å². The Hall–Kier alpha value is -3.01. The molecule has 0 bridgehead atoms. The highest BCUT2D eigenvalue weighted by atomic mass is 19.3. The standard InChI is InChI=1S/C20H26F2N6O2/c1-20(21,22)14-11-24-19(27-17(14)23)26-15-10-12(4-5-16(15)30-3)18(29)25-13-6-8-28(2)9-7-13/h4-5,10-11,13H,6-9H2,1-3H3,(H,25,29)(H3,23,24,26,27). The van der Waals surface area contributed by atoms with Crippen molar-refractivity contribution in [1.82, 2.24) is 20.2 Å². The number of benzene rings is 1. The zero-order valence-corrected chi connectivity index (χ0v) is 17.2. The third-order valence-corrected chi connectivity index (χ3v) is 5.05. The van der Waals surface area contributed by atoms with Gasteiger partial charge in [-0.1, -0.05) is 0 Å². The van der Waals surface area contributed by atoms with E-state index < -0.39 is 11.5 Å². The molecule has 1 aliphatic rings. The van der Waals surface area contributed by atoms with Gasteiger partial charge in [0, 0.05) is 24.7 Å². The van der Waals surface area contributed by atoms with Gasteiger partial charge in [0.1, 0.15) is 11.6 Å². The first-order valence-electron chi connectivity index (χ1n) is 9.62. The molecule has 1 aliphatic heterocycles. The Balaban J connectivity index is 1.78. The second-order valence-electron chi connectivity index (χ2n) is 7.47. The third kappa shape index (κ3) is 5.12. The number of aromatic nitrogens is 2. The van der Waals surface area contributed by atoms with E-state index >= 15 is 0 Å². The molecule has 2 heterocycles. The average molecular weight is 420 g/mol. The molecule has 0 saturated carbocycles. The number of methoxy groups -OCH3 is 1. The molecule has 30 heavy (non-hydrogen) atoms. The van der Waals surface area contributed by atoms with Crippen molar-refractivity contribution in [2.24, 2.45) is 0 Å². The number of carbonyl (C=O) groups is 1. The lowest BCUT2D eigenvalue weighted by Gasteiger charge is -2.29. The summed E-state index contributed by atoms with van der Waals surface area (Å²) in [5.41, 5.74) is 6.05. The van der Waals surface area contributed by atoms with Crippen molar-refractivity contribution in [3.8, 4) is 5.75 Å². The molecular formula is C20H26F2N6O2. The second kappa shape index (κ2) is 8.78. The number of likely N-dealkylation sites (tertiary alicyclic amines) is 1. The van der Waals surface area contributed by atoms with Gasteiger partial charge in [0.25, 0.3) is 11.8 Å². The fraction of sp³-hybridized carbons (Fsp3) is 0.450. The summed E-state index contributed by atoms with van der Waals surface area (Å²) in [4.78, 5) is 22.7. The number of nitrogens with zero attached hydrogens (tertiary/aromatic N) is 3. The van der Waals surface area contributed by atoms with Crippen LogP contribution in [0.1, 0.15) is 35.7 Å². The first kappa shape index (κ1) is 21.7. The maximum atomic E-state index is 13.5. The molecule has 0 spiro atoms. The first-order valence-corrected chi connectivity index (χ1v) is 9.62. The molecule has 162 valence electrons. The van der Waals surface area contributed by atoms with Crippen molar-refractivity contribution in [3.05, 3.63) is 35.5 Å². The second-order valence-corrected chi connectivity index (χ2v) is 7.47. The van der Waals surface area contributed by atoms with Crippen LogP contribution in [0.5, 0.6) is 5.75 Å². The van der Waals surface area contributed by atoms with E-state index in [2.05, 4.69) is 32.5 Å². The minimum atomic E-state index is -3.15. The van der Waals surface area contributed by atoms with Crippen LogP contribution in [0.25, 0.3) is 0 Å². The van der Waals surface area contributed by atoms with Crippen molar-refractivity contribution < 1.29 is 18.3 Å². The van der Waals surface area contributed by atoms with Crippen LogP contribution in [0.2, 0.25) is 0 Å². The number of alkyl halides is 2. The van der Waals surface area contributed by atoms with Gasteiger partial charge in [-0.2, -0.15) is 4.98 Å². The number of hydrogen-bond acceptors (Lipinski definition) is 7. The summed E-state index contributed by atoms with van der Waals surface area (Å²) in [5, 5.41) is 5.94. The van der Waals surface area contributed by atoms with Gasteiger partial charge in [-0.25, -0.2) is 13.8 Å². The largest absolute Gasteiger partial charge is 0.495 e. The summed E-state index contributed by atoms with van der Waals surface area (Å²) in [6.45, 7) is 2.60. The quantitative estimate of drug-likeness (QED) is 0.660. The van der Waals surface area contributed by atoms with Crippen LogP contribution in [-0.4, -0.2) is 54.1 Å². The number of anilines is 3. The molecule has 1 fully saturated rings. The van der Waals surface area contributed by atoms with Gasteiger partial charge < -0.3 is 26.0 Å². The maximum absolute atomic E-state index is 13.5. The monoisotopic (exact) mass is 420 g/mol. The van der Waals surface area contributed by atoms with Crippen LogP contribution in [0, 0.1) is 0 Å². The zero-order chi connectivity index (χ0) is 21.9. The summed E-state index contributed by atoms with van der Waals surface area (Å²) < 4.78 is 32.3. The Kier molecular flexibility index (Phi) is 6.35. The minimum Gasteiger partial charge on any atom is -0.495 e. The Bertz CT molecular complexity index is 911. The van der Waals surface area contributed by atoms with Crippen LogP contribution < -0.4 is 21.1 Å². The van der Waals surface area contributed by atoms with Gasteiger partial charge in [-0.15, -0.1) is 0 Å². The number of nitrogens with two attached hydrogens (primary N) is 1. The minimum absolute atomic E-state index is 0.0201. The Morgan fingerprint density at radius 1 is 1.33 bits per heavy atom. The topological polar surface area (TPSA) is 105 Å². The van der Waals surface area contributed by atoms with Crippen LogP contribution >= 0.6 is 0 Å². The molecule has 3 rings (SSSR count). The Labute approximate surface area is 173 Å². The fourth-order valence-electron chi connectivity index (χ4n) is 3.28. The van der Waals surface area contributed by atoms with Crippen molar-refractivity contribution in [1.29, 1.82) is 0 Å². The Morgan fingerprint density at radius 2 is 2.03 bits per heavy atom. The van der Waals surface area contributed by atoms with Gasteiger partial charge in [-0.3, -0.25) is 4.79 Å². The smallest absolute Gasteiger partial charge is 0.275 e. The molecule has 0 unspecified atom stereocenters. The lowest BCUT2D eigenvalue weighted by molar-refractivity contribution is 0.0177. The number of ether oxygens (including phenoxy) is 1. The van der Waals surface area contributed by atoms with Gasteiger partial charge in [0.2, 0.25) is 5.95 Å². The van der Waals surface area contributed by atoms with Gasteiger partial charge >= 0.3 is 0 Å². The molecule has 1 aromatic heterocycles. The molecule has 0 atom stereocenters. The lowest BCUT2D eigenvalue weighted by Crippen LogP contribution is -2.43. The molecule has 1 aromatic carbocycles. The predicted molar refractivity (Wildman–Crippen MR) is 110 cm³/mol. The van der Waals surface area contributed by atoms with Gasteiger partial charge in [0.15, 0.2) is 0 Å². The normalized spacial score (nSPS) is 15.6. The Morgan fingerprint density at radius 3 is 2.63 bits per heavy atom. The van der Waals surface area contributed by atoms with E-state index in [-0.39, 0.29) is 23.7 Å². The number of carbonyl (C=O) groups excluding carboxylic acids is 1. The number of amides is 1. The molecule has 10 heteroatoms. The van der Waals surface area contributed by atoms with Crippen LogP contribution in [0.3, 0.4) is 0 Å². The summed E-state index contributed by atoms with van der Waals surface area (Å²) in [5.74, 6) is -3.21. The van der Waals surface area contributed by atoms with E-state index in [1.807, 2.05) is 0 Å². The van der Waals surface area contributed by atoms with Gasteiger partial charge in [0.05, 0.1) is 18.4 Å². The van der Waals surface area contributed by atoms with Crippen molar-refractivity contribution in [2.75, 3.05) is 38.3 Å². The first-order chi connectivity index (χ1) is 14.2. The van der Waals surface area contributed by atoms with E-state index in [1.54, 1.807) is 18.2 Å². The van der Waals surface area contributed by atoms with Crippen molar-refractivity contribution in [2.45, 2.75) is 31.7 Å². The third-order valence-electron chi connectivity index (χ3n) is 5.05. The highest BCUT2D eigenvalue weighted by Gasteiger charge is 2.28. The summed E-state index contributed by atoms with van der Waals surface area (Å²) >= 11 is 0. The molecule has 8 nitrogen and oxygen atoms in total. The number of halogens is 2. The van der Waals surface area contributed by atoms with E-state index in [9.17, 15) is 13.6 Å². The zero-order valence-electron chi connectivity index (χ0n) is 17.2. The predicted octanol–water partition coefficient (Wildman–Crippen LogP) is 2.75. The van der Waals surface area contributed by atoms with E-state index in [0.717, 1.165) is 39.1 Å². The number of piperidine rings is 1. The van der Waals surface area contributed by atoms with Gasteiger partial charge in [-0.05, 0) is 51.2 Å².